The Morgan fingerprint density at radius 2 is 1.84 bits per heavy atom. The fourth-order valence-electron chi connectivity index (χ4n) is 2.80. The molecular weight excluding hydrogens is 336 g/mol. The van der Waals surface area contributed by atoms with Crippen LogP contribution < -0.4 is 5.32 Å². The highest BCUT2D eigenvalue weighted by molar-refractivity contribution is 6.30. The lowest BCUT2D eigenvalue weighted by molar-refractivity contribution is 0.0663. The van der Waals surface area contributed by atoms with Gasteiger partial charge in [-0.2, -0.15) is 0 Å². The molecule has 0 atom stereocenters. The van der Waals surface area contributed by atoms with E-state index in [1.54, 1.807) is 6.20 Å². The number of hydrogen-bond acceptors (Lipinski definition) is 4. The van der Waals surface area contributed by atoms with Gasteiger partial charge in [-0.25, -0.2) is 4.98 Å². The fourth-order valence-corrected chi connectivity index (χ4v) is 2.93. The van der Waals surface area contributed by atoms with Crippen molar-refractivity contribution < 1.29 is 4.79 Å². The van der Waals surface area contributed by atoms with Gasteiger partial charge in [-0.1, -0.05) is 23.7 Å². The summed E-state index contributed by atoms with van der Waals surface area (Å²) in [6, 6.07) is 11.6. The van der Waals surface area contributed by atoms with Crippen molar-refractivity contribution in [2.24, 2.45) is 0 Å². The zero-order valence-corrected chi connectivity index (χ0v) is 15.2. The average molecular weight is 359 g/mol. The molecule has 6 heteroatoms. The van der Waals surface area contributed by atoms with E-state index in [1.807, 2.05) is 41.3 Å². The van der Waals surface area contributed by atoms with Gasteiger partial charge in [0.1, 0.15) is 5.82 Å². The molecule has 1 N–H and O–H groups in total. The van der Waals surface area contributed by atoms with Gasteiger partial charge in [0.25, 0.3) is 5.91 Å². The number of aromatic nitrogens is 1. The molecule has 1 aliphatic heterocycles. The molecular formula is C19H23ClN4O. The van der Waals surface area contributed by atoms with Crippen LogP contribution in [0.3, 0.4) is 0 Å². The number of pyridine rings is 1. The van der Waals surface area contributed by atoms with E-state index < -0.39 is 0 Å². The quantitative estimate of drug-likeness (QED) is 0.892. The molecule has 25 heavy (non-hydrogen) atoms. The second-order valence-corrected chi connectivity index (χ2v) is 6.77. The van der Waals surface area contributed by atoms with Crippen molar-refractivity contribution in [2.75, 3.05) is 45.1 Å². The molecule has 3 rings (SSSR count). The van der Waals surface area contributed by atoms with Crippen LogP contribution in [0.5, 0.6) is 0 Å². The Kier molecular flexibility index (Phi) is 5.89. The number of likely N-dealkylation sites (N-methyl/N-ethyl adjacent to an activating group) is 1. The second kappa shape index (κ2) is 8.32. The first kappa shape index (κ1) is 17.7. The number of amides is 1. The maximum atomic E-state index is 12.5. The van der Waals surface area contributed by atoms with E-state index in [1.165, 1.54) is 5.56 Å². The molecule has 1 aliphatic rings. The lowest BCUT2D eigenvalue weighted by Gasteiger charge is -2.32. The van der Waals surface area contributed by atoms with E-state index in [0.717, 1.165) is 50.0 Å². The van der Waals surface area contributed by atoms with Crippen LogP contribution >= 0.6 is 11.6 Å². The molecule has 2 aromatic rings. The maximum absolute atomic E-state index is 12.5. The summed E-state index contributed by atoms with van der Waals surface area (Å²) in [5.41, 5.74) is 1.87. The van der Waals surface area contributed by atoms with Gasteiger partial charge in [0, 0.05) is 43.9 Å². The fraction of sp³-hybridized carbons (Fsp3) is 0.368. The Labute approximate surface area is 153 Å². The normalized spacial score (nSPS) is 15.2. The van der Waals surface area contributed by atoms with Crippen LogP contribution in [-0.4, -0.2) is 60.5 Å². The molecule has 1 aromatic carbocycles. The van der Waals surface area contributed by atoms with Crippen LogP contribution in [0.4, 0.5) is 5.82 Å². The van der Waals surface area contributed by atoms with Crippen LogP contribution in [0, 0.1) is 0 Å². The van der Waals surface area contributed by atoms with Gasteiger partial charge >= 0.3 is 0 Å². The van der Waals surface area contributed by atoms with Crippen molar-refractivity contribution >= 4 is 23.3 Å². The molecule has 0 saturated carbocycles. The Hall–Kier alpha value is -2.11. The summed E-state index contributed by atoms with van der Waals surface area (Å²) >= 11 is 5.89. The van der Waals surface area contributed by atoms with E-state index in [2.05, 4.69) is 22.2 Å². The van der Waals surface area contributed by atoms with Crippen molar-refractivity contribution in [3.63, 3.8) is 0 Å². The summed E-state index contributed by atoms with van der Waals surface area (Å²) in [7, 11) is 2.08. The number of carbonyl (C=O) groups excluding carboxylic acids is 1. The predicted molar refractivity (Wildman–Crippen MR) is 101 cm³/mol. The largest absolute Gasteiger partial charge is 0.370 e. The molecule has 132 valence electrons. The van der Waals surface area contributed by atoms with E-state index in [9.17, 15) is 4.79 Å². The lowest BCUT2D eigenvalue weighted by Crippen LogP contribution is -2.47. The first-order valence-electron chi connectivity index (χ1n) is 8.54. The van der Waals surface area contributed by atoms with Crippen molar-refractivity contribution in [2.45, 2.75) is 6.42 Å². The molecule has 1 saturated heterocycles. The minimum Gasteiger partial charge on any atom is -0.370 e. The van der Waals surface area contributed by atoms with Gasteiger partial charge in [0.2, 0.25) is 0 Å². The highest BCUT2D eigenvalue weighted by Gasteiger charge is 2.20. The summed E-state index contributed by atoms with van der Waals surface area (Å²) in [5, 5.41) is 4.03. The number of halogens is 1. The Morgan fingerprint density at radius 3 is 2.48 bits per heavy atom. The molecule has 2 heterocycles. The summed E-state index contributed by atoms with van der Waals surface area (Å²) < 4.78 is 0. The Bertz CT molecular complexity index is 694. The molecule has 1 fully saturated rings. The van der Waals surface area contributed by atoms with Gasteiger partial charge in [-0.05, 0) is 43.3 Å². The number of hydrogen-bond donors (Lipinski definition) is 1. The molecule has 0 radical (unpaired) electrons. The molecule has 0 unspecified atom stereocenters. The Morgan fingerprint density at radius 1 is 1.12 bits per heavy atom. The number of nitrogens with zero attached hydrogens (tertiary/aromatic N) is 3. The Balaban J connectivity index is 1.50. The van der Waals surface area contributed by atoms with Gasteiger partial charge < -0.3 is 15.1 Å². The smallest absolute Gasteiger partial charge is 0.255 e. The average Bonchev–Trinajstić information content (AvgIpc) is 2.64. The van der Waals surface area contributed by atoms with Crippen molar-refractivity contribution in [3.05, 3.63) is 58.7 Å². The molecule has 0 aliphatic carbocycles. The highest BCUT2D eigenvalue weighted by Crippen LogP contribution is 2.12. The van der Waals surface area contributed by atoms with Crippen molar-refractivity contribution in [3.8, 4) is 0 Å². The number of rotatable bonds is 5. The number of carbonyl (C=O) groups is 1. The van der Waals surface area contributed by atoms with E-state index in [4.69, 9.17) is 11.6 Å². The van der Waals surface area contributed by atoms with Crippen molar-refractivity contribution in [1.29, 1.82) is 0 Å². The van der Waals surface area contributed by atoms with Crippen LogP contribution in [0.1, 0.15) is 15.9 Å². The predicted octanol–water partition coefficient (Wildman–Crippen LogP) is 2.78. The molecule has 5 nitrogen and oxygen atoms in total. The summed E-state index contributed by atoms with van der Waals surface area (Å²) in [4.78, 5) is 21.0. The number of benzene rings is 1. The third-order valence-corrected chi connectivity index (χ3v) is 4.69. The SMILES string of the molecule is CN1CCN(C(=O)c2ccc(NCCc3ccc(Cl)cc3)nc2)CC1. The second-order valence-electron chi connectivity index (χ2n) is 6.33. The first-order valence-corrected chi connectivity index (χ1v) is 8.92. The highest BCUT2D eigenvalue weighted by atomic mass is 35.5. The molecule has 1 aromatic heterocycles. The zero-order valence-electron chi connectivity index (χ0n) is 14.4. The van der Waals surface area contributed by atoms with Crippen LogP contribution in [0.2, 0.25) is 5.02 Å². The number of anilines is 1. The van der Waals surface area contributed by atoms with Gasteiger partial charge in [-0.3, -0.25) is 4.79 Å². The first-order chi connectivity index (χ1) is 12.1. The van der Waals surface area contributed by atoms with E-state index >= 15 is 0 Å². The zero-order chi connectivity index (χ0) is 17.6. The van der Waals surface area contributed by atoms with Crippen molar-refractivity contribution in [1.82, 2.24) is 14.8 Å². The topological polar surface area (TPSA) is 48.5 Å². The van der Waals surface area contributed by atoms with Gasteiger partial charge in [0.05, 0.1) is 5.56 Å². The van der Waals surface area contributed by atoms with Gasteiger partial charge in [-0.15, -0.1) is 0 Å². The van der Waals surface area contributed by atoms with E-state index in [-0.39, 0.29) is 5.91 Å². The summed E-state index contributed by atoms with van der Waals surface area (Å²) in [5.74, 6) is 0.845. The van der Waals surface area contributed by atoms with Crippen LogP contribution in [0.25, 0.3) is 0 Å². The molecule has 1 amide bonds. The molecule has 0 spiro atoms. The third-order valence-electron chi connectivity index (χ3n) is 4.43. The summed E-state index contributed by atoms with van der Waals surface area (Å²) in [6.45, 7) is 4.17. The monoisotopic (exact) mass is 358 g/mol. The maximum Gasteiger partial charge on any atom is 0.255 e. The lowest BCUT2D eigenvalue weighted by atomic mass is 10.1. The number of nitrogens with one attached hydrogen (secondary N) is 1. The van der Waals surface area contributed by atoms with Gasteiger partial charge in [0.15, 0.2) is 0 Å². The standard InChI is InChI=1S/C19H23ClN4O/c1-23-10-12-24(13-11-23)19(25)16-4-7-18(22-14-16)21-9-8-15-2-5-17(20)6-3-15/h2-7,14H,8-13H2,1H3,(H,21,22). The third kappa shape index (κ3) is 4.94. The number of piperazine rings is 1. The summed E-state index contributed by atoms with van der Waals surface area (Å²) in [6.07, 6.45) is 2.55. The minimum atomic E-state index is 0.0633. The van der Waals surface area contributed by atoms with Crippen LogP contribution in [-0.2, 0) is 6.42 Å². The van der Waals surface area contributed by atoms with Crippen LogP contribution in [0.15, 0.2) is 42.6 Å². The minimum absolute atomic E-state index is 0.0633. The van der Waals surface area contributed by atoms with E-state index in [0.29, 0.717) is 5.56 Å². The molecule has 0 bridgehead atoms.